The number of rotatable bonds is 4. The van der Waals surface area contributed by atoms with Gasteiger partial charge in [0.15, 0.2) is 0 Å². The summed E-state index contributed by atoms with van der Waals surface area (Å²) >= 11 is 0. The van der Waals surface area contributed by atoms with Crippen LogP contribution in [0.2, 0.25) is 0 Å². The van der Waals surface area contributed by atoms with E-state index in [0.717, 1.165) is 41.5 Å². The molecule has 1 aromatic carbocycles. The third-order valence-corrected chi connectivity index (χ3v) is 5.22. The first-order chi connectivity index (χ1) is 11.5. The largest absolute Gasteiger partial charge is 0.462 e. The fraction of sp³-hybridized carbons (Fsp3) is 0.474. The molecule has 126 valence electrons. The molecular formula is C19H22N2O3. The molecule has 5 heteroatoms. The Kier molecular flexibility index (Phi) is 3.59. The zero-order chi connectivity index (χ0) is 16.8. The van der Waals surface area contributed by atoms with E-state index in [1.807, 2.05) is 30.9 Å². The van der Waals surface area contributed by atoms with Crippen LogP contribution in [0.1, 0.15) is 40.9 Å². The van der Waals surface area contributed by atoms with Gasteiger partial charge in [0, 0.05) is 41.5 Å². The molecule has 2 aliphatic rings. The van der Waals surface area contributed by atoms with Crippen molar-refractivity contribution in [3.63, 3.8) is 0 Å². The number of esters is 1. The number of benzene rings is 1. The van der Waals surface area contributed by atoms with Gasteiger partial charge in [0.2, 0.25) is 5.91 Å². The predicted octanol–water partition coefficient (Wildman–Crippen LogP) is 2.95. The number of nitrogens with one attached hydrogen (secondary N) is 1. The number of ether oxygens (including phenoxy) is 1. The Morgan fingerprint density at radius 3 is 2.88 bits per heavy atom. The molecule has 0 radical (unpaired) electrons. The van der Waals surface area contributed by atoms with E-state index in [1.165, 1.54) is 0 Å². The monoisotopic (exact) mass is 326 g/mol. The Balaban J connectivity index is 1.41. The lowest BCUT2D eigenvalue weighted by Gasteiger charge is -2.15. The van der Waals surface area contributed by atoms with Crippen molar-refractivity contribution in [1.29, 1.82) is 0 Å². The van der Waals surface area contributed by atoms with Crippen LogP contribution in [0, 0.1) is 19.8 Å². The van der Waals surface area contributed by atoms with Crippen LogP contribution in [0.5, 0.6) is 0 Å². The molecule has 1 saturated carbocycles. The lowest BCUT2D eigenvalue weighted by atomic mass is 10.1. The number of carbonyl (C=O) groups excluding carboxylic acids is 2. The van der Waals surface area contributed by atoms with E-state index in [-0.39, 0.29) is 17.8 Å². The number of likely N-dealkylation sites (tertiary alicyclic amines) is 1. The molecule has 2 fully saturated rings. The standard InChI is InChI=1S/C19H22N2O3/c1-11-12(2)20-17-6-3-14(8-16(11)17)19(23)24-10-13-7-18(22)21(9-13)15-4-5-15/h3,6,8,13,15,20H,4-5,7,9-10H2,1-2H3/t13-/m1/s1. The normalized spacial score (nSPS) is 20.8. The first kappa shape index (κ1) is 15.2. The Morgan fingerprint density at radius 1 is 1.33 bits per heavy atom. The maximum Gasteiger partial charge on any atom is 0.338 e. The molecule has 1 aliphatic carbocycles. The molecule has 0 spiro atoms. The molecule has 1 amide bonds. The lowest BCUT2D eigenvalue weighted by molar-refractivity contribution is -0.128. The molecule has 2 aromatic rings. The number of H-pyrrole nitrogens is 1. The highest BCUT2D eigenvalue weighted by molar-refractivity contribution is 5.96. The highest BCUT2D eigenvalue weighted by Gasteiger charge is 2.39. The van der Waals surface area contributed by atoms with E-state index in [2.05, 4.69) is 4.98 Å². The number of aromatic nitrogens is 1. The van der Waals surface area contributed by atoms with Crippen molar-refractivity contribution in [2.45, 2.75) is 39.2 Å². The molecular weight excluding hydrogens is 304 g/mol. The SMILES string of the molecule is Cc1[nH]c2ccc(C(=O)OC[C@@H]3CC(=O)N(C4CC4)C3)cc2c1C. The second-order valence-electron chi connectivity index (χ2n) is 7.08. The minimum Gasteiger partial charge on any atom is -0.462 e. The average Bonchev–Trinajstić information content (AvgIpc) is 3.29. The first-order valence-corrected chi connectivity index (χ1v) is 8.58. The van der Waals surface area contributed by atoms with Crippen LogP contribution in [0.25, 0.3) is 10.9 Å². The molecule has 2 heterocycles. The van der Waals surface area contributed by atoms with Crippen molar-refractivity contribution in [2.75, 3.05) is 13.2 Å². The molecule has 4 rings (SSSR count). The smallest absolute Gasteiger partial charge is 0.338 e. The summed E-state index contributed by atoms with van der Waals surface area (Å²) in [6.45, 7) is 5.11. The van der Waals surface area contributed by atoms with Crippen LogP contribution in [0.4, 0.5) is 0 Å². The van der Waals surface area contributed by atoms with Crippen LogP contribution in [-0.2, 0) is 9.53 Å². The van der Waals surface area contributed by atoms with Crippen molar-refractivity contribution >= 4 is 22.8 Å². The van der Waals surface area contributed by atoms with Gasteiger partial charge < -0.3 is 14.6 Å². The summed E-state index contributed by atoms with van der Waals surface area (Å²) in [5.74, 6) is 0.0212. The molecule has 1 N–H and O–H groups in total. The van der Waals surface area contributed by atoms with Crippen LogP contribution in [-0.4, -0.2) is 41.0 Å². The number of carbonyl (C=O) groups is 2. The summed E-state index contributed by atoms with van der Waals surface area (Å²) in [5.41, 5.74) is 3.86. The van der Waals surface area contributed by atoms with Crippen molar-refractivity contribution in [3.8, 4) is 0 Å². The number of hydrogen-bond acceptors (Lipinski definition) is 3. The number of aromatic amines is 1. The van der Waals surface area contributed by atoms with Gasteiger partial charge in [-0.25, -0.2) is 4.79 Å². The van der Waals surface area contributed by atoms with Gasteiger partial charge in [0.05, 0.1) is 12.2 Å². The van der Waals surface area contributed by atoms with Crippen molar-refractivity contribution in [3.05, 3.63) is 35.0 Å². The summed E-state index contributed by atoms with van der Waals surface area (Å²) in [6.07, 6.45) is 2.74. The van der Waals surface area contributed by atoms with E-state index in [1.54, 1.807) is 6.07 Å². The number of hydrogen-bond donors (Lipinski definition) is 1. The summed E-state index contributed by atoms with van der Waals surface area (Å²) in [7, 11) is 0. The van der Waals surface area contributed by atoms with E-state index >= 15 is 0 Å². The zero-order valence-electron chi connectivity index (χ0n) is 14.1. The van der Waals surface area contributed by atoms with Crippen LogP contribution in [0.15, 0.2) is 18.2 Å². The number of nitrogens with zero attached hydrogens (tertiary/aromatic N) is 1. The quantitative estimate of drug-likeness (QED) is 0.879. The van der Waals surface area contributed by atoms with Gasteiger partial charge in [0.1, 0.15) is 0 Å². The fourth-order valence-corrected chi connectivity index (χ4v) is 3.52. The number of fused-ring (bicyclic) bond motifs is 1. The second-order valence-corrected chi connectivity index (χ2v) is 7.08. The maximum atomic E-state index is 12.3. The van der Waals surface area contributed by atoms with Gasteiger partial charge in [-0.05, 0) is 50.5 Å². The van der Waals surface area contributed by atoms with Gasteiger partial charge in [-0.3, -0.25) is 4.79 Å². The maximum absolute atomic E-state index is 12.3. The molecule has 1 saturated heterocycles. The summed E-state index contributed by atoms with van der Waals surface area (Å²) in [4.78, 5) is 29.5. The van der Waals surface area contributed by atoms with Gasteiger partial charge >= 0.3 is 5.97 Å². The molecule has 1 aliphatic heterocycles. The number of amides is 1. The topological polar surface area (TPSA) is 62.4 Å². The first-order valence-electron chi connectivity index (χ1n) is 8.58. The Bertz CT molecular complexity index is 819. The Morgan fingerprint density at radius 2 is 2.12 bits per heavy atom. The van der Waals surface area contributed by atoms with Crippen LogP contribution in [0.3, 0.4) is 0 Å². The average molecular weight is 326 g/mol. The summed E-state index contributed by atoms with van der Waals surface area (Å²) in [5, 5.41) is 1.05. The minimum atomic E-state index is -0.313. The highest BCUT2D eigenvalue weighted by Crippen LogP contribution is 2.32. The van der Waals surface area contributed by atoms with Crippen LogP contribution < -0.4 is 0 Å². The van der Waals surface area contributed by atoms with Crippen molar-refractivity contribution < 1.29 is 14.3 Å². The van der Waals surface area contributed by atoms with E-state index < -0.39 is 0 Å². The molecule has 5 nitrogen and oxygen atoms in total. The highest BCUT2D eigenvalue weighted by atomic mass is 16.5. The van der Waals surface area contributed by atoms with Gasteiger partial charge in [-0.1, -0.05) is 0 Å². The summed E-state index contributed by atoms with van der Waals surface area (Å²) in [6, 6.07) is 6.03. The Hall–Kier alpha value is -2.30. The van der Waals surface area contributed by atoms with Gasteiger partial charge in [-0.15, -0.1) is 0 Å². The van der Waals surface area contributed by atoms with Crippen LogP contribution >= 0.6 is 0 Å². The molecule has 0 bridgehead atoms. The van der Waals surface area contributed by atoms with E-state index in [4.69, 9.17) is 4.74 Å². The fourth-order valence-electron chi connectivity index (χ4n) is 3.52. The molecule has 1 aromatic heterocycles. The third kappa shape index (κ3) is 2.68. The third-order valence-electron chi connectivity index (χ3n) is 5.22. The zero-order valence-corrected chi connectivity index (χ0v) is 14.1. The summed E-state index contributed by atoms with van der Waals surface area (Å²) < 4.78 is 5.48. The van der Waals surface area contributed by atoms with E-state index in [9.17, 15) is 9.59 Å². The van der Waals surface area contributed by atoms with Gasteiger partial charge in [-0.2, -0.15) is 0 Å². The molecule has 1 atom stereocenters. The molecule has 0 unspecified atom stereocenters. The second kappa shape index (κ2) is 5.65. The molecule has 24 heavy (non-hydrogen) atoms. The van der Waals surface area contributed by atoms with Crippen molar-refractivity contribution in [2.24, 2.45) is 5.92 Å². The van der Waals surface area contributed by atoms with Crippen molar-refractivity contribution in [1.82, 2.24) is 9.88 Å². The predicted molar refractivity (Wildman–Crippen MR) is 90.9 cm³/mol. The minimum absolute atomic E-state index is 0.127. The lowest BCUT2D eigenvalue weighted by Crippen LogP contribution is -2.27. The van der Waals surface area contributed by atoms with E-state index in [0.29, 0.717) is 24.6 Å². The number of aryl methyl sites for hydroxylation is 2. The Labute approximate surface area is 141 Å². The van der Waals surface area contributed by atoms with Gasteiger partial charge in [0.25, 0.3) is 0 Å².